The standard InChI is InChI=1S/C8H18O4Si/c1-9-7-5-6-8-13(10-2,11-3)12-4/h6,8H,5,7H2,1-4H3. The molecule has 0 saturated carbocycles. The molecule has 0 aliphatic rings. The summed E-state index contributed by atoms with van der Waals surface area (Å²) >= 11 is 0. The van der Waals surface area contributed by atoms with E-state index in [0.29, 0.717) is 6.61 Å². The smallest absolute Gasteiger partial charge is 0.384 e. The first-order valence-electron chi connectivity index (χ1n) is 4.06. The van der Waals surface area contributed by atoms with Gasteiger partial charge in [-0.25, -0.2) is 0 Å². The summed E-state index contributed by atoms with van der Waals surface area (Å²) in [5, 5.41) is 0. The van der Waals surface area contributed by atoms with Gasteiger partial charge in [-0.3, -0.25) is 0 Å². The average molecular weight is 206 g/mol. The van der Waals surface area contributed by atoms with Crippen molar-refractivity contribution in [3.8, 4) is 0 Å². The van der Waals surface area contributed by atoms with Gasteiger partial charge in [0, 0.05) is 35.0 Å². The molecule has 0 amide bonds. The van der Waals surface area contributed by atoms with E-state index in [4.69, 9.17) is 18.0 Å². The topological polar surface area (TPSA) is 36.9 Å². The highest BCUT2D eigenvalue weighted by Gasteiger charge is 2.33. The monoisotopic (exact) mass is 206 g/mol. The summed E-state index contributed by atoms with van der Waals surface area (Å²) in [6.07, 6.45) is 2.79. The first kappa shape index (κ1) is 12.8. The van der Waals surface area contributed by atoms with Crippen LogP contribution in [0.15, 0.2) is 11.8 Å². The highest BCUT2D eigenvalue weighted by molar-refractivity contribution is 6.66. The molecule has 0 N–H and O–H groups in total. The number of methoxy groups -OCH3 is 1. The molecule has 0 unspecified atom stereocenters. The molecule has 0 aliphatic carbocycles. The van der Waals surface area contributed by atoms with Crippen LogP contribution >= 0.6 is 0 Å². The molecule has 0 fully saturated rings. The summed E-state index contributed by atoms with van der Waals surface area (Å²) in [6, 6.07) is 0. The van der Waals surface area contributed by atoms with Crippen LogP contribution in [0.2, 0.25) is 0 Å². The van der Waals surface area contributed by atoms with Crippen molar-refractivity contribution in [1.29, 1.82) is 0 Å². The fourth-order valence-electron chi connectivity index (χ4n) is 0.868. The zero-order valence-corrected chi connectivity index (χ0v) is 9.70. The van der Waals surface area contributed by atoms with Crippen LogP contribution < -0.4 is 0 Å². The van der Waals surface area contributed by atoms with Crippen LogP contribution in [0.4, 0.5) is 0 Å². The van der Waals surface area contributed by atoms with E-state index in [9.17, 15) is 0 Å². The van der Waals surface area contributed by atoms with E-state index in [2.05, 4.69) is 0 Å². The molecule has 0 heterocycles. The van der Waals surface area contributed by atoms with Gasteiger partial charge in [-0.1, -0.05) is 6.08 Å². The van der Waals surface area contributed by atoms with Crippen molar-refractivity contribution in [2.75, 3.05) is 35.0 Å². The van der Waals surface area contributed by atoms with Gasteiger partial charge in [-0.05, 0) is 12.1 Å². The van der Waals surface area contributed by atoms with Crippen LogP contribution in [0.1, 0.15) is 6.42 Å². The fraction of sp³-hybridized carbons (Fsp3) is 0.750. The minimum absolute atomic E-state index is 0.693. The lowest BCUT2D eigenvalue weighted by atomic mass is 10.5. The molecule has 0 aromatic heterocycles. The van der Waals surface area contributed by atoms with Crippen LogP contribution in [-0.2, 0) is 18.0 Å². The molecule has 13 heavy (non-hydrogen) atoms. The summed E-state index contributed by atoms with van der Waals surface area (Å²) in [6.45, 7) is 0.693. The minimum atomic E-state index is -2.50. The molecule has 0 saturated heterocycles. The Balaban J connectivity index is 4.00. The highest BCUT2D eigenvalue weighted by atomic mass is 28.4. The van der Waals surface area contributed by atoms with Gasteiger partial charge >= 0.3 is 8.80 Å². The number of hydrogen-bond acceptors (Lipinski definition) is 4. The van der Waals surface area contributed by atoms with Crippen LogP contribution in [0, 0.1) is 0 Å². The molecule has 0 spiro atoms. The zero-order valence-electron chi connectivity index (χ0n) is 8.70. The SMILES string of the molecule is COCCC=C[Si](OC)(OC)OC. The van der Waals surface area contributed by atoms with Gasteiger partial charge in [-0.15, -0.1) is 0 Å². The Bertz CT molecular complexity index is 137. The molecular weight excluding hydrogens is 188 g/mol. The summed E-state index contributed by atoms with van der Waals surface area (Å²) in [4.78, 5) is 0. The van der Waals surface area contributed by atoms with Crippen molar-refractivity contribution in [2.45, 2.75) is 6.42 Å². The zero-order chi connectivity index (χ0) is 10.2. The van der Waals surface area contributed by atoms with Gasteiger partial charge in [0.15, 0.2) is 0 Å². The van der Waals surface area contributed by atoms with E-state index >= 15 is 0 Å². The van der Waals surface area contributed by atoms with Crippen molar-refractivity contribution in [3.05, 3.63) is 11.8 Å². The maximum atomic E-state index is 5.18. The van der Waals surface area contributed by atoms with Gasteiger partial charge in [-0.2, -0.15) is 0 Å². The second-order valence-corrected chi connectivity index (χ2v) is 5.16. The fourth-order valence-corrected chi connectivity index (χ4v) is 2.23. The third-order valence-electron chi connectivity index (χ3n) is 1.66. The highest BCUT2D eigenvalue weighted by Crippen LogP contribution is 2.07. The summed E-state index contributed by atoms with van der Waals surface area (Å²) in [7, 11) is 3.91. The van der Waals surface area contributed by atoms with Crippen LogP contribution in [0.25, 0.3) is 0 Å². The molecule has 78 valence electrons. The Hall–Kier alpha value is -0.203. The van der Waals surface area contributed by atoms with Crippen LogP contribution in [-0.4, -0.2) is 43.9 Å². The lowest BCUT2D eigenvalue weighted by Gasteiger charge is -2.20. The van der Waals surface area contributed by atoms with Crippen molar-refractivity contribution in [1.82, 2.24) is 0 Å². The lowest BCUT2D eigenvalue weighted by Crippen LogP contribution is -2.40. The molecule has 0 radical (unpaired) electrons. The maximum absolute atomic E-state index is 5.18. The average Bonchev–Trinajstić information content (AvgIpc) is 2.20. The van der Waals surface area contributed by atoms with E-state index in [-0.39, 0.29) is 0 Å². The third kappa shape index (κ3) is 4.54. The quantitative estimate of drug-likeness (QED) is 0.460. The van der Waals surface area contributed by atoms with Crippen molar-refractivity contribution in [3.63, 3.8) is 0 Å². The molecule has 4 nitrogen and oxygen atoms in total. The Kier molecular flexibility index (Phi) is 7.11. The predicted octanol–water partition coefficient (Wildman–Crippen LogP) is 0.996. The van der Waals surface area contributed by atoms with Crippen molar-refractivity contribution < 1.29 is 18.0 Å². The molecule has 5 heteroatoms. The molecular formula is C8H18O4Si. The van der Waals surface area contributed by atoms with E-state index in [1.807, 2.05) is 11.8 Å². The summed E-state index contributed by atoms with van der Waals surface area (Å²) in [5.41, 5.74) is 1.85. The van der Waals surface area contributed by atoms with E-state index in [0.717, 1.165) is 6.42 Å². The van der Waals surface area contributed by atoms with Crippen LogP contribution in [0.3, 0.4) is 0 Å². The molecule has 0 rings (SSSR count). The first-order valence-corrected chi connectivity index (χ1v) is 5.87. The van der Waals surface area contributed by atoms with Crippen molar-refractivity contribution in [2.24, 2.45) is 0 Å². The molecule has 0 aromatic carbocycles. The minimum Gasteiger partial charge on any atom is -0.384 e. The summed E-state index contributed by atoms with van der Waals surface area (Å²) < 4.78 is 20.4. The Morgan fingerprint density at radius 1 is 1.00 bits per heavy atom. The largest absolute Gasteiger partial charge is 0.528 e. The number of rotatable bonds is 7. The molecule has 0 aliphatic heterocycles. The van der Waals surface area contributed by atoms with Crippen LogP contribution in [0.5, 0.6) is 0 Å². The number of ether oxygens (including phenoxy) is 1. The number of hydrogen-bond donors (Lipinski definition) is 0. The Morgan fingerprint density at radius 2 is 1.54 bits per heavy atom. The van der Waals surface area contributed by atoms with Gasteiger partial charge in [0.25, 0.3) is 0 Å². The van der Waals surface area contributed by atoms with Gasteiger partial charge in [0.2, 0.25) is 0 Å². The van der Waals surface area contributed by atoms with Gasteiger partial charge in [0.1, 0.15) is 0 Å². The third-order valence-corrected chi connectivity index (χ3v) is 4.02. The van der Waals surface area contributed by atoms with E-state index in [1.54, 1.807) is 28.4 Å². The maximum Gasteiger partial charge on any atom is 0.528 e. The Morgan fingerprint density at radius 3 is 1.92 bits per heavy atom. The predicted molar refractivity (Wildman–Crippen MR) is 52.4 cm³/mol. The molecule has 0 bridgehead atoms. The molecule has 0 aromatic rings. The summed E-state index contributed by atoms with van der Waals surface area (Å²) in [5.74, 6) is 0. The first-order chi connectivity index (χ1) is 6.24. The second-order valence-electron chi connectivity index (χ2n) is 2.40. The van der Waals surface area contributed by atoms with E-state index < -0.39 is 8.80 Å². The second kappa shape index (κ2) is 7.22. The van der Waals surface area contributed by atoms with Gasteiger partial charge < -0.3 is 18.0 Å². The van der Waals surface area contributed by atoms with E-state index in [1.165, 1.54) is 0 Å². The lowest BCUT2D eigenvalue weighted by molar-refractivity contribution is 0.138. The Labute approximate surface area is 80.8 Å². The van der Waals surface area contributed by atoms with Crippen molar-refractivity contribution >= 4 is 8.80 Å². The normalized spacial score (nSPS) is 12.6. The molecule has 0 atom stereocenters. The van der Waals surface area contributed by atoms with Gasteiger partial charge in [0.05, 0.1) is 0 Å².